The Morgan fingerprint density at radius 1 is 1.33 bits per heavy atom. The van der Waals surface area contributed by atoms with Crippen LogP contribution in [0.3, 0.4) is 0 Å². The first-order valence-electron chi connectivity index (χ1n) is 4.84. The smallest absolute Gasteiger partial charge is 0.255 e. The molecule has 0 aliphatic heterocycles. The van der Waals surface area contributed by atoms with Gasteiger partial charge in [-0.05, 0) is 26.0 Å². The highest BCUT2D eigenvalue weighted by Crippen LogP contribution is 2.10. The second kappa shape index (κ2) is 5.15. The van der Waals surface area contributed by atoms with E-state index >= 15 is 0 Å². The van der Waals surface area contributed by atoms with Gasteiger partial charge in [-0.2, -0.15) is 0 Å². The Hall–Kier alpha value is -1.83. The summed E-state index contributed by atoms with van der Waals surface area (Å²) in [6.45, 7) is 7.40. The first-order valence-corrected chi connectivity index (χ1v) is 4.84. The van der Waals surface area contributed by atoms with E-state index in [2.05, 4.69) is 11.9 Å². The third kappa shape index (κ3) is 3.09. The van der Waals surface area contributed by atoms with Crippen LogP contribution in [0.25, 0.3) is 0 Å². The van der Waals surface area contributed by atoms with Crippen LogP contribution in [0.5, 0.6) is 0 Å². The Kier molecular flexibility index (Phi) is 3.86. The van der Waals surface area contributed by atoms with E-state index in [4.69, 9.17) is 0 Å². The Bertz CT molecular complexity index is 388. The number of hydrogen-bond acceptors (Lipinski definition) is 1. The molecule has 2 heteroatoms. The van der Waals surface area contributed by atoms with Crippen molar-refractivity contribution in [1.29, 1.82) is 0 Å². The van der Waals surface area contributed by atoms with Gasteiger partial charge in [0.1, 0.15) is 0 Å². The second-order valence-electron chi connectivity index (χ2n) is 3.27. The van der Waals surface area contributed by atoms with Crippen molar-refractivity contribution in [2.24, 2.45) is 0 Å². The van der Waals surface area contributed by atoms with E-state index in [1.807, 2.05) is 38.1 Å². The molecule has 0 atom stereocenters. The molecule has 1 aromatic rings. The fourth-order valence-corrected chi connectivity index (χ4v) is 1.18. The lowest BCUT2D eigenvalue weighted by atomic mass is 10.2. The molecule has 0 aromatic heterocycles. The molecule has 0 aliphatic rings. The highest BCUT2D eigenvalue weighted by atomic mass is 16.1. The zero-order valence-corrected chi connectivity index (χ0v) is 9.08. The van der Waals surface area contributed by atoms with Crippen molar-refractivity contribution in [1.82, 2.24) is 0 Å². The predicted octanol–water partition coefficient (Wildman–Crippen LogP) is 3.07. The number of carbonyl (C=O) groups is 1. The summed E-state index contributed by atoms with van der Waals surface area (Å²) in [6.07, 6.45) is 3.28. The Balaban J connectivity index is 2.74. The lowest BCUT2D eigenvalue weighted by Crippen LogP contribution is -2.12. The van der Waals surface area contributed by atoms with Crippen LogP contribution < -0.4 is 5.32 Å². The first kappa shape index (κ1) is 11.2. The van der Waals surface area contributed by atoms with Crippen LogP contribution in [0.1, 0.15) is 12.5 Å². The van der Waals surface area contributed by atoms with Crippen LogP contribution in [0.4, 0.5) is 5.69 Å². The van der Waals surface area contributed by atoms with Crippen molar-refractivity contribution in [3.8, 4) is 0 Å². The summed E-state index contributed by atoms with van der Waals surface area (Å²) in [5.74, 6) is -0.128. The first-order chi connectivity index (χ1) is 7.17. The Morgan fingerprint density at radius 2 is 1.93 bits per heavy atom. The van der Waals surface area contributed by atoms with Crippen molar-refractivity contribution in [2.75, 3.05) is 5.32 Å². The number of amides is 1. The van der Waals surface area contributed by atoms with Crippen molar-refractivity contribution in [2.45, 2.75) is 13.8 Å². The number of anilines is 1. The van der Waals surface area contributed by atoms with E-state index in [1.54, 1.807) is 12.2 Å². The molecule has 0 unspecified atom stereocenters. The lowest BCUT2D eigenvalue weighted by molar-refractivity contribution is -0.112. The molecule has 1 N–H and O–H groups in total. The standard InChI is InChI=1S/C13H15NO/c1-4-11(5-2)13(15)14-12-8-6-10(3)7-9-12/h4-9H,1H2,2-3H3,(H,14,15)/b11-5+. The number of carbonyl (C=O) groups excluding carboxylic acids is 1. The van der Waals surface area contributed by atoms with Gasteiger partial charge < -0.3 is 5.32 Å². The van der Waals surface area contributed by atoms with E-state index in [1.165, 1.54) is 5.56 Å². The molecule has 1 rings (SSSR count). The van der Waals surface area contributed by atoms with Gasteiger partial charge in [0.2, 0.25) is 0 Å². The minimum Gasteiger partial charge on any atom is -0.322 e. The average Bonchev–Trinajstić information content (AvgIpc) is 2.23. The molecule has 0 heterocycles. The van der Waals surface area contributed by atoms with Crippen molar-refractivity contribution >= 4 is 11.6 Å². The number of hydrogen-bond donors (Lipinski definition) is 1. The van der Waals surface area contributed by atoms with Gasteiger partial charge in [0.25, 0.3) is 5.91 Å². The number of benzene rings is 1. The largest absolute Gasteiger partial charge is 0.322 e. The third-order valence-corrected chi connectivity index (χ3v) is 2.10. The summed E-state index contributed by atoms with van der Waals surface area (Å²) in [7, 11) is 0. The summed E-state index contributed by atoms with van der Waals surface area (Å²) in [6, 6.07) is 7.67. The lowest BCUT2D eigenvalue weighted by Gasteiger charge is -2.05. The molecule has 0 bridgehead atoms. The number of nitrogens with one attached hydrogen (secondary N) is 1. The molecular formula is C13H15NO. The van der Waals surface area contributed by atoms with Gasteiger partial charge in [-0.3, -0.25) is 4.79 Å². The van der Waals surface area contributed by atoms with Gasteiger partial charge in [-0.25, -0.2) is 0 Å². The summed E-state index contributed by atoms with van der Waals surface area (Å²) in [4.78, 5) is 11.6. The van der Waals surface area contributed by atoms with Gasteiger partial charge in [0.15, 0.2) is 0 Å². The maximum atomic E-state index is 11.6. The Morgan fingerprint density at radius 3 is 2.40 bits per heavy atom. The van der Waals surface area contributed by atoms with Crippen LogP contribution in [0.15, 0.2) is 48.6 Å². The number of allylic oxidation sites excluding steroid dienone is 1. The van der Waals surface area contributed by atoms with E-state index in [-0.39, 0.29) is 5.91 Å². The van der Waals surface area contributed by atoms with Crippen LogP contribution in [-0.4, -0.2) is 5.91 Å². The van der Waals surface area contributed by atoms with Gasteiger partial charge in [0.05, 0.1) is 0 Å². The highest BCUT2D eigenvalue weighted by molar-refractivity contribution is 6.05. The predicted molar refractivity (Wildman–Crippen MR) is 63.8 cm³/mol. The number of rotatable bonds is 3. The van der Waals surface area contributed by atoms with E-state index in [9.17, 15) is 4.79 Å². The molecule has 0 saturated heterocycles. The molecule has 0 spiro atoms. The molecule has 78 valence electrons. The molecule has 0 radical (unpaired) electrons. The molecule has 1 aromatic carbocycles. The summed E-state index contributed by atoms with van der Waals surface area (Å²) in [5, 5.41) is 2.79. The monoisotopic (exact) mass is 201 g/mol. The normalized spacial score (nSPS) is 10.9. The zero-order valence-electron chi connectivity index (χ0n) is 9.08. The van der Waals surface area contributed by atoms with Gasteiger partial charge in [0, 0.05) is 11.3 Å². The minimum atomic E-state index is -0.128. The van der Waals surface area contributed by atoms with Crippen LogP contribution >= 0.6 is 0 Å². The molecule has 2 nitrogen and oxygen atoms in total. The van der Waals surface area contributed by atoms with Crippen LogP contribution in [-0.2, 0) is 4.79 Å². The van der Waals surface area contributed by atoms with E-state index in [0.29, 0.717) is 5.57 Å². The zero-order chi connectivity index (χ0) is 11.3. The van der Waals surface area contributed by atoms with Crippen molar-refractivity contribution in [3.63, 3.8) is 0 Å². The van der Waals surface area contributed by atoms with Crippen molar-refractivity contribution in [3.05, 3.63) is 54.1 Å². The van der Waals surface area contributed by atoms with Crippen molar-refractivity contribution < 1.29 is 4.79 Å². The molecule has 15 heavy (non-hydrogen) atoms. The minimum absolute atomic E-state index is 0.128. The number of aryl methyl sites for hydroxylation is 1. The van der Waals surface area contributed by atoms with Gasteiger partial charge in [-0.15, -0.1) is 0 Å². The molecule has 0 fully saturated rings. The highest BCUT2D eigenvalue weighted by Gasteiger charge is 2.04. The molecule has 0 aliphatic carbocycles. The van der Waals surface area contributed by atoms with E-state index in [0.717, 1.165) is 5.69 Å². The summed E-state index contributed by atoms with van der Waals surface area (Å²) in [5.41, 5.74) is 2.55. The fraction of sp³-hybridized carbons (Fsp3) is 0.154. The summed E-state index contributed by atoms with van der Waals surface area (Å²) >= 11 is 0. The van der Waals surface area contributed by atoms with Gasteiger partial charge >= 0.3 is 0 Å². The Labute approximate surface area is 90.3 Å². The van der Waals surface area contributed by atoms with Crippen LogP contribution in [0.2, 0.25) is 0 Å². The molecular weight excluding hydrogens is 186 g/mol. The fourth-order valence-electron chi connectivity index (χ4n) is 1.18. The molecule has 1 amide bonds. The van der Waals surface area contributed by atoms with Gasteiger partial charge in [-0.1, -0.05) is 36.4 Å². The second-order valence-corrected chi connectivity index (χ2v) is 3.27. The maximum Gasteiger partial charge on any atom is 0.255 e. The summed E-state index contributed by atoms with van der Waals surface area (Å²) < 4.78 is 0. The van der Waals surface area contributed by atoms with E-state index < -0.39 is 0 Å². The SMILES string of the molecule is C=C/C(=C\C)C(=O)Nc1ccc(C)cc1. The molecule has 0 saturated carbocycles. The maximum absolute atomic E-state index is 11.6. The third-order valence-electron chi connectivity index (χ3n) is 2.10. The topological polar surface area (TPSA) is 29.1 Å². The van der Waals surface area contributed by atoms with Crippen LogP contribution in [0, 0.1) is 6.92 Å². The quantitative estimate of drug-likeness (QED) is 0.591. The average molecular weight is 201 g/mol.